The Morgan fingerprint density at radius 2 is 1.29 bits per heavy atom. The minimum Gasteiger partial charge on any atom is -0.424 e. The monoisotopic (exact) mass is 215 g/mol. The summed E-state index contributed by atoms with van der Waals surface area (Å²) in [5, 5.41) is 0. The largest absolute Gasteiger partial charge is 0.424 e. The van der Waals surface area contributed by atoms with Crippen molar-refractivity contribution in [2.24, 2.45) is 0 Å². The highest BCUT2D eigenvalue weighted by Crippen LogP contribution is 2.10. The molecule has 0 aliphatic carbocycles. The van der Waals surface area contributed by atoms with Gasteiger partial charge in [0, 0.05) is 7.11 Å². The maximum Gasteiger partial charge on any atom is 0.192 e. The first-order valence-corrected chi connectivity index (χ1v) is 7.55. The van der Waals surface area contributed by atoms with Crippen molar-refractivity contribution >= 4 is 9.76 Å². The van der Waals surface area contributed by atoms with Crippen LogP contribution < -0.4 is 0 Å². The van der Waals surface area contributed by atoms with Gasteiger partial charge in [-0.1, -0.05) is 64.7 Å². The SMILES string of the molecule is CCCCCCCCCCC[SiH]OC. The summed E-state index contributed by atoms with van der Waals surface area (Å²) >= 11 is 0. The van der Waals surface area contributed by atoms with Crippen LogP contribution in [0.2, 0.25) is 6.04 Å². The van der Waals surface area contributed by atoms with Gasteiger partial charge in [-0.3, -0.25) is 0 Å². The zero-order valence-corrected chi connectivity index (χ0v) is 11.2. The van der Waals surface area contributed by atoms with Crippen LogP contribution in [0.3, 0.4) is 0 Å². The van der Waals surface area contributed by atoms with E-state index in [9.17, 15) is 0 Å². The molecular weight excluding hydrogens is 188 g/mol. The van der Waals surface area contributed by atoms with E-state index in [1.807, 2.05) is 7.11 Å². The molecule has 0 aromatic rings. The molecule has 2 heteroatoms. The molecule has 0 N–H and O–H groups in total. The van der Waals surface area contributed by atoms with Crippen LogP contribution in [0.15, 0.2) is 0 Å². The molecule has 0 aromatic heterocycles. The van der Waals surface area contributed by atoms with Crippen molar-refractivity contribution in [2.75, 3.05) is 7.11 Å². The van der Waals surface area contributed by atoms with E-state index in [1.165, 1.54) is 63.8 Å². The van der Waals surface area contributed by atoms with Gasteiger partial charge in [-0.15, -0.1) is 0 Å². The summed E-state index contributed by atoms with van der Waals surface area (Å²) in [5.41, 5.74) is 0. The van der Waals surface area contributed by atoms with Crippen LogP contribution in [-0.2, 0) is 4.43 Å². The maximum absolute atomic E-state index is 5.10. The van der Waals surface area contributed by atoms with E-state index < -0.39 is 0 Å². The molecule has 0 rings (SSSR count). The Bertz CT molecular complexity index is 84.3. The highest BCUT2D eigenvalue weighted by molar-refractivity contribution is 6.26. The summed E-state index contributed by atoms with van der Waals surface area (Å²) in [5.74, 6) is 0. The topological polar surface area (TPSA) is 9.23 Å². The lowest BCUT2D eigenvalue weighted by Crippen LogP contribution is -1.91. The third kappa shape index (κ3) is 12.2. The third-order valence-electron chi connectivity index (χ3n) is 2.59. The summed E-state index contributed by atoms with van der Waals surface area (Å²) in [4.78, 5) is 0. The lowest BCUT2D eigenvalue weighted by molar-refractivity contribution is 0.438. The second kappa shape index (κ2) is 13.2. The first-order chi connectivity index (χ1) is 6.91. The molecule has 0 aliphatic heterocycles. The Hall–Kier alpha value is 0.177. The number of unbranched alkanes of at least 4 members (excludes halogenated alkanes) is 8. The van der Waals surface area contributed by atoms with Crippen LogP contribution in [0.25, 0.3) is 0 Å². The van der Waals surface area contributed by atoms with E-state index in [4.69, 9.17) is 4.43 Å². The van der Waals surface area contributed by atoms with Gasteiger partial charge < -0.3 is 4.43 Å². The van der Waals surface area contributed by atoms with Crippen LogP contribution in [0.4, 0.5) is 0 Å². The summed E-state index contributed by atoms with van der Waals surface area (Å²) in [6.07, 6.45) is 12.8. The summed E-state index contributed by atoms with van der Waals surface area (Å²) in [6.45, 7) is 2.28. The van der Waals surface area contributed by atoms with Gasteiger partial charge in [0.1, 0.15) is 0 Å². The number of rotatable bonds is 11. The minimum atomic E-state index is 0.299. The van der Waals surface area contributed by atoms with E-state index in [-0.39, 0.29) is 0 Å². The van der Waals surface area contributed by atoms with Gasteiger partial charge in [0.25, 0.3) is 0 Å². The average molecular weight is 215 g/mol. The average Bonchev–Trinajstić information content (AvgIpc) is 2.21. The molecular formula is C12H27OSi. The van der Waals surface area contributed by atoms with Gasteiger partial charge >= 0.3 is 0 Å². The fourth-order valence-corrected chi connectivity index (χ4v) is 2.35. The molecule has 0 amide bonds. The summed E-state index contributed by atoms with van der Waals surface area (Å²) < 4.78 is 5.10. The van der Waals surface area contributed by atoms with Crippen molar-refractivity contribution < 1.29 is 4.43 Å². The molecule has 0 heterocycles. The molecule has 0 aromatic carbocycles. The van der Waals surface area contributed by atoms with Crippen LogP contribution in [0.1, 0.15) is 64.7 Å². The van der Waals surface area contributed by atoms with Crippen LogP contribution in [0, 0.1) is 0 Å². The van der Waals surface area contributed by atoms with E-state index in [0.717, 1.165) is 0 Å². The van der Waals surface area contributed by atoms with Gasteiger partial charge in [-0.2, -0.15) is 0 Å². The Kier molecular flexibility index (Phi) is 13.3. The van der Waals surface area contributed by atoms with Gasteiger partial charge in [0.05, 0.1) is 0 Å². The number of hydrogen-bond donors (Lipinski definition) is 0. The van der Waals surface area contributed by atoms with E-state index in [1.54, 1.807) is 0 Å². The molecule has 0 saturated heterocycles. The van der Waals surface area contributed by atoms with Gasteiger partial charge in [0.2, 0.25) is 0 Å². The predicted molar refractivity (Wildman–Crippen MR) is 66.2 cm³/mol. The summed E-state index contributed by atoms with van der Waals surface area (Å²) in [6, 6.07) is 1.33. The molecule has 0 atom stereocenters. The Labute approximate surface area is 92.6 Å². The van der Waals surface area contributed by atoms with Gasteiger partial charge in [-0.05, 0) is 6.04 Å². The van der Waals surface area contributed by atoms with Crippen LogP contribution >= 0.6 is 0 Å². The first-order valence-electron chi connectivity index (χ1n) is 6.26. The van der Waals surface area contributed by atoms with Gasteiger partial charge in [-0.25, -0.2) is 0 Å². The number of hydrogen-bond acceptors (Lipinski definition) is 1. The van der Waals surface area contributed by atoms with Crippen LogP contribution in [0.5, 0.6) is 0 Å². The molecule has 1 radical (unpaired) electrons. The smallest absolute Gasteiger partial charge is 0.192 e. The highest BCUT2D eigenvalue weighted by Gasteiger charge is 1.92. The first kappa shape index (κ1) is 14.2. The second-order valence-corrected chi connectivity index (χ2v) is 5.40. The van der Waals surface area contributed by atoms with Crippen molar-refractivity contribution in [3.05, 3.63) is 0 Å². The fraction of sp³-hybridized carbons (Fsp3) is 1.00. The van der Waals surface area contributed by atoms with Crippen molar-refractivity contribution in [3.63, 3.8) is 0 Å². The standard InChI is InChI=1S/C12H27OSi/c1-3-4-5-6-7-8-9-10-11-12-14-13-2/h14H,3-12H2,1-2H3. The third-order valence-corrected chi connectivity index (χ3v) is 3.57. The quantitative estimate of drug-likeness (QED) is 0.375. The van der Waals surface area contributed by atoms with Crippen molar-refractivity contribution in [1.82, 2.24) is 0 Å². The summed E-state index contributed by atoms with van der Waals surface area (Å²) in [7, 11) is 2.12. The molecule has 0 saturated carbocycles. The van der Waals surface area contributed by atoms with Gasteiger partial charge in [0.15, 0.2) is 9.76 Å². The Morgan fingerprint density at radius 1 is 0.786 bits per heavy atom. The minimum absolute atomic E-state index is 0.299. The van der Waals surface area contributed by atoms with Crippen molar-refractivity contribution in [2.45, 2.75) is 70.8 Å². The molecule has 0 bridgehead atoms. The molecule has 0 spiro atoms. The molecule has 14 heavy (non-hydrogen) atoms. The van der Waals surface area contributed by atoms with E-state index >= 15 is 0 Å². The second-order valence-electron chi connectivity index (χ2n) is 4.02. The molecule has 0 aliphatic rings. The zero-order chi connectivity index (χ0) is 10.5. The lowest BCUT2D eigenvalue weighted by Gasteiger charge is -2.01. The molecule has 0 fully saturated rings. The zero-order valence-electron chi connectivity index (χ0n) is 10.1. The normalized spacial score (nSPS) is 10.7. The molecule has 1 nitrogen and oxygen atoms in total. The Balaban J connectivity index is 2.78. The van der Waals surface area contributed by atoms with Crippen molar-refractivity contribution in [3.8, 4) is 0 Å². The van der Waals surface area contributed by atoms with E-state index in [0.29, 0.717) is 9.76 Å². The Morgan fingerprint density at radius 3 is 1.79 bits per heavy atom. The van der Waals surface area contributed by atoms with Crippen molar-refractivity contribution in [1.29, 1.82) is 0 Å². The molecule has 85 valence electrons. The van der Waals surface area contributed by atoms with Crippen LogP contribution in [-0.4, -0.2) is 16.9 Å². The highest BCUT2D eigenvalue weighted by atomic mass is 28.2. The maximum atomic E-state index is 5.10. The van der Waals surface area contributed by atoms with E-state index in [2.05, 4.69) is 6.92 Å². The lowest BCUT2D eigenvalue weighted by atomic mass is 10.1. The predicted octanol–water partition coefficient (Wildman–Crippen LogP) is 3.93. The fourth-order valence-electron chi connectivity index (χ4n) is 1.66. The molecule has 0 unspecified atom stereocenters.